The molecule has 7 atom stereocenters. The van der Waals surface area contributed by atoms with Gasteiger partial charge in [-0.25, -0.2) is 9.59 Å². The van der Waals surface area contributed by atoms with Gasteiger partial charge >= 0.3 is 11.7 Å². The fourth-order valence-corrected chi connectivity index (χ4v) is 6.23. The first-order valence-electron chi connectivity index (χ1n) is 16.4. The molecule has 1 aromatic rings. The van der Waals surface area contributed by atoms with Crippen molar-refractivity contribution in [3.05, 3.63) is 33.1 Å². The lowest BCUT2D eigenvalue weighted by atomic mass is 9.98. The monoisotopic (exact) mass is 624 g/mol. The quantitative estimate of drug-likeness (QED) is 0.134. The minimum absolute atomic E-state index is 0.156. The molecule has 13 nitrogen and oxygen atoms in total. The van der Waals surface area contributed by atoms with Crippen LogP contribution in [0.2, 0.25) is 0 Å². The summed E-state index contributed by atoms with van der Waals surface area (Å²) in [6.07, 6.45) is 8.89. The van der Waals surface area contributed by atoms with Gasteiger partial charge in [0.2, 0.25) is 5.91 Å². The van der Waals surface area contributed by atoms with Crippen molar-refractivity contribution in [2.45, 2.75) is 153 Å². The normalized spacial score (nSPS) is 26.8. The van der Waals surface area contributed by atoms with Crippen LogP contribution in [0.1, 0.15) is 116 Å². The second kappa shape index (κ2) is 18.4. The number of carboxylic acids is 1. The molecule has 0 aliphatic carbocycles. The molecule has 1 amide bonds. The Bertz CT molecular complexity index is 1140. The highest BCUT2D eigenvalue weighted by Crippen LogP contribution is 2.38. The molecular weight excluding hydrogens is 572 g/mol. The number of carbonyl (C=O) groups excluding carboxylic acids is 1. The summed E-state index contributed by atoms with van der Waals surface area (Å²) < 4.78 is 12.8. The summed E-state index contributed by atoms with van der Waals surface area (Å²) in [6.45, 7) is 2.53. The predicted octanol–water partition coefficient (Wildman–Crippen LogP) is 2.38. The summed E-state index contributed by atoms with van der Waals surface area (Å²) in [5.74, 6) is -1.70. The van der Waals surface area contributed by atoms with E-state index in [0.29, 0.717) is 19.4 Å². The molecule has 2 fully saturated rings. The van der Waals surface area contributed by atoms with Crippen molar-refractivity contribution in [1.29, 1.82) is 0 Å². The molecule has 0 aromatic carbocycles. The number of aliphatic hydroxyl groups excluding tert-OH is 2. The minimum atomic E-state index is -1.63. The topological polar surface area (TPSA) is 197 Å². The minimum Gasteiger partial charge on any atom is -0.480 e. The Labute approximate surface area is 258 Å². The van der Waals surface area contributed by atoms with Crippen molar-refractivity contribution in [2.75, 3.05) is 6.54 Å². The van der Waals surface area contributed by atoms with Crippen LogP contribution >= 0.6 is 0 Å². The highest BCUT2D eigenvalue weighted by molar-refractivity contribution is 5.85. The van der Waals surface area contributed by atoms with E-state index in [0.717, 1.165) is 36.1 Å². The third kappa shape index (κ3) is 9.71. The Hall–Kier alpha value is -2.58. The maximum Gasteiger partial charge on any atom is 0.330 e. The molecule has 6 N–H and O–H groups in total. The van der Waals surface area contributed by atoms with E-state index in [1.165, 1.54) is 62.7 Å². The number of nitrogens with two attached hydrogens (primary N) is 1. The number of nitrogens with zero attached hydrogens (tertiary/aromatic N) is 2. The molecule has 13 heteroatoms. The van der Waals surface area contributed by atoms with Crippen LogP contribution in [0, 0.1) is 0 Å². The van der Waals surface area contributed by atoms with E-state index >= 15 is 0 Å². The molecule has 0 spiro atoms. The first-order chi connectivity index (χ1) is 21.2. The lowest BCUT2D eigenvalue weighted by Gasteiger charge is -2.28. The molecule has 2 saturated heterocycles. The number of unbranched alkanes of at least 4 members (excludes halogenated alkanes) is 12. The van der Waals surface area contributed by atoms with Gasteiger partial charge in [-0.3, -0.25) is 19.1 Å². The fourth-order valence-electron chi connectivity index (χ4n) is 6.23. The molecule has 2 aliphatic rings. The summed E-state index contributed by atoms with van der Waals surface area (Å²) in [4.78, 5) is 53.0. The van der Waals surface area contributed by atoms with Crippen molar-refractivity contribution < 1.29 is 34.4 Å². The van der Waals surface area contributed by atoms with Gasteiger partial charge in [0.05, 0.1) is 0 Å². The van der Waals surface area contributed by atoms with Crippen molar-refractivity contribution in [3.8, 4) is 0 Å². The zero-order chi connectivity index (χ0) is 32.1. The zero-order valence-electron chi connectivity index (χ0n) is 26.0. The first-order valence-corrected chi connectivity index (χ1v) is 16.4. The molecule has 1 aromatic heterocycles. The number of amides is 1. The lowest BCUT2D eigenvalue weighted by molar-refractivity contribution is -0.152. The number of H-pyrrole nitrogens is 1. The number of aliphatic hydroxyl groups is 2. The molecule has 250 valence electrons. The van der Waals surface area contributed by atoms with E-state index in [1.807, 2.05) is 0 Å². The number of hydrogen-bond donors (Lipinski definition) is 5. The van der Waals surface area contributed by atoms with Crippen LogP contribution in [0.15, 0.2) is 21.9 Å². The van der Waals surface area contributed by atoms with Gasteiger partial charge in [-0.1, -0.05) is 84.0 Å². The van der Waals surface area contributed by atoms with Gasteiger partial charge < -0.3 is 35.4 Å². The van der Waals surface area contributed by atoms with E-state index in [9.17, 15) is 34.5 Å². The van der Waals surface area contributed by atoms with E-state index in [-0.39, 0.29) is 18.7 Å². The Morgan fingerprint density at radius 3 is 2.00 bits per heavy atom. The van der Waals surface area contributed by atoms with Gasteiger partial charge in [0.1, 0.15) is 30.6 Å². The van der Waals surface area contributed by atoms with Gasteiger partial charge in [0.25, 0.3) is 5.56 Å². The summed E-state index contributed by atoms with van der Waals surface area (Å²) in [5, 5.41) is 31.8. The third-order valence-electron chi connectivity index (χ3n) is 8.65. The maximum atomic E-state index is 13.4. The van der Waals surface area contributed by atoms with Crippen LogP contribution in [0.3, 0.4) is 0 Å². The molecule has 44 heavy (non-hydrogen) atoms. The summed E-state index contributed by atoms with van der Waals surface area (Å²) >= 11 is 0. The van der Waals surface area contributed by atoms with Gasteiger partial charge in [-0.2, -0.15) is 0 Å². The number of aliphatic carboxylic acids is 1. The number of ether oxygens (including phenoxy) is 2. The van der Waals surface area contributed by atoms with E-state index in [2.05, 4.69) is 11.9 Å². The van der Waals surface area contributed by atoms with Crippen LogP contribution < -0.4 is 17.0 Å². The Balaban J connectivity index is 1.55. The molecule has 0 bridgehead atoms. The van der Waals surface area contributed by atoms with Crippen LogP contribution in [-0.4, -0.2) is 84.9 Å². The number of hydrogen-bond acceptors (Lipinski definition) is 9. The number of nitrogens with one attached hydrogen (secondary N) is 1. The van der Waals surface area contributed by atoms with Crippen molar-refractivity contribution in [2.24, 2.45) is 5.73 Å². The Morgan fingerprint density at radius 1 is 0.864 bits per heavy atom. The first kappa shape index (κ1) is 35.9. The number of rotatable bonds is 20. The number of aromatic nitrogens is 2. The zero-order valence-corrected chi connectivity index (χ0v) is 26.0. The largest absolute Gasteiger partial charge is 0.480 e. The van der Waals surface area contributed by atoms with Crippen molar-refractivity contribution >= 4 is 11.9 Å². The van der Waals surface area contributed by atoms with Gasteiger partial charge in [-0.15, -0.1) is 0 Å². The van der Waals surface area contributed by atoms with Crippen LogP contribution in [0.25, 0.3) is 0 Å². The highest BCUT2D eigenvalue weighted by atomic mass is 16.6. The number of carboxylic acid groups (broad SMARTS) is 1. The molecule has 0 unspecified atom stereocenters. The summed E-state index contributed by atoms with van der Waals surface area (Å²) in [5.41, 5.74) is 4.17. The van der Waals surface area contributed by atoms with Crippen LogP contribution in [-0.2, 0) is 19.1 Å². The van der Waals surface area contributed by atoms with Crippen molar-refractivity contribution in [3.63, 3.8) is 0 Å². The predicted molar refractivity (Wildman–Crippen MR) is 163 cm³/mol. The van der Waals surface area contributed by atoms with E-state index in [4.69, 9.17) is 15.2 Å². The number of aromatic amines is 1. The van der Waals surface area contributed by atoms with Gasteiger partial charge in [0, 0.05) is 18.7 Å². The number of carbonyl (C=O) groups is 2. The van der Waals surface area contributed by atoms with Crippen LogP contribution in [0.4, 0.5) is 0 Å². The second-order valence-corrected chi connectivity index (χ2v) is 12.1. The van der Waals surface area contributed by atoms with Gasteiger partial charge in [0.15, 0.2) is 12.3 Å². The van der Waals surface area contributed by atoms with E-state index < -0.39 is 60.1 Å². The molecule has 3 rings (SSSR count). The Morgan fingerprint density at radius 2 is 1.45 bits per heavy atom. The molecule has 0 radical (unpaired) electrons. The smallest absolute Gasteiger partial charge is 0.330 e. The molecular formula is C31H52N4O9. The van der Waals surface area contributed by atoms with Crippen molar-refractivity contribution in [1.82, 2.24) is 14.5 Å². The average molecular weight is 625 g/mol. The standard InChI is InChI=1S/C31H52N4O9/c1-2-3-4-5-6-7-8-9-10-11-12-13-14-16-22(37)35-23(17-15-19-32)43-27(24(35)30(40)41)28-25(38)26(39)29(44-28)34-20-18-21(36)33-31(34)42/h18,20,23-29,38-39H,2-17,19,32H2,1H3,(H,40,41)(H,33,36,42)/t23-,24+,25+,26-,27+,28+,29-/m1/s1. The summed E-state index contributed by atoms with van der Waals surface area (Å²) in [7, 11) is 0. The maximum absolute atomic E-state index is 13.4. The highest BCUT2D eigenvalue weighted by Gasteiger charge is 2.58. The van der Waals surface area contributed by atoms with Crippen LogP contribution in [0.5, 0.6) is 0 Å². The van der Waals surface area contributed by atoms with Gasteiger partial charge in [-0.05, 0) is 25.8 Å². The lowest BCUT2D eigenvalue weighted by Crippen LogP contribution is -2.52. The Kier molecular flexibility index (Phi) is 15.0. The second-order valence-electron chi connectivity index (χ2n) is 12.1. The summed E-state index contributed by atoms with van der Waals surface area (Å²) in [6, 6.07) is -0.423. The fraction of sp³-hybridized carbons (Fsp3) is 0.806. The molecule has 2 aliphatic heterocycles. The molecule has 0 saturated carbocycles. The van der Waals surface area contributed by atoms with E-state index in [1.54, 1.807) is 0 Å². The third-order valence-corrected chi connectivity index (χ3v) is 8.65. The SMILES string of the molecule is CCCCCCCCCCCCCCCC(=O)N1[C@H](C(=O)O)[C@@H]([C@H]2O[C@@H](n3ccc(=O)[nH]c3=O)[C@H](O)[C@@H]2O)O[C@@H]1CCCN. The average Bonchev–Trinajstić information content (AvgIpc) is 3.51. The molecule has 3 heterocycles.